The largest absolute Gasteiger partial charge is 0.394 e. The fourth-order valence-corrected chi connectivity index (χ4v) is 3.14. The zero-order chi connectivity index (χ0) is 13.2. The molecular weight excluding hydrogens is 226 g/mol. The van der Waals surface area contributed by atoms with Gasteiger partial charge in [0.1, 0.15) is 0 Å². The fourth-order valence-electron chi connectivity index (χ4n) is 3.14. The predicted molar refractivity (Wildman–Crippen MR) is 74.7 cm³/mol. The van der Waals surface area contributed by atoms with Gasteiger partial charge in [0, 0.05) is 38.8 Å². The third-order valence-corrected chi connectivity index (χ3v) is 4.78. The van der Waals surface area contributed by atoms with Gasteiger partial charge in [-0.2, -0.15) is 0 Å². The monoisotopic (exact) mass is 255 g/mol. The van der Waals surface area contributed by atoms with Crippen LogP contribution in [0.2, 0.25) is 0 Å². The summed E-state index contributed by atoms with van der Waals surface area (Å²) < 4.78 is 0. The maximum Gasteiger partial charge on any atom is 0.0628 e. The maximum atomic E-state index is 9.76. The van der Waals surface area contributed by atoms with E-state index in [1.807, 2.05) is 7.05 Å². The molecule has 2 fully saturated rings. The van der Waals surface area contributed by atoms with Crippen molar-refractivity contribution >= 4 is 0 Å². The molecule has 1 unspecified atom stereocenters. The molecular formula is C14H29N3O. The Balaban J connectivity index is 1.86. The van der Waals surface area contributed by atoms with Crippen LogP contribution in [-0.4, -0.2) is 72.9 Å². The Labute approximate surface area is 111 Å². The third-order valence-electron chi connectivity index (χ3n) is 4.78. The Morgan fingerprint density at radius 1 is 1.22 bits per heavy atom. The second kappa shape index (κ2) is 5.87. The quantitative estimate of drug-likeness (QED) is 0.719. The smallest absolute Gasteiger partial charge is 0.0628 e. The minimum Gasteiger partial charge on any atom is -0.394 e. The molecule has 2 aliphatic rings. The number of hydrogen-bond donors (Lipinski definition) is 2. The summed E-state index contributed by atoms with van der Waals surface area (Å²) in [7, 11) is 2.00. The maximum absolute atomic E-state index is 9.76. The molecule has 0 radical (unpaired) electrons. The Bertz CT molecular complexity index is 254. The molecule has 1 aliphatic heterocycles. The lowest BCUT2D eigenvalue weighted by Crippen LogP contribution is -2.60. The van der Waals surface area contributed by atoms with E-state index in [1.54, 1.807) is 0 Å². The standard InChI is InChI=1S/C14H29N3O/c1-12(2)17-8-6-16(7-9-17)10-14(11-18,15-3)13-4-5-13/h12-13,15,18H,4-11H2,1-3H3. The zero-order valence-corrected chi connectivity index (χ0v) is 12.2. The summed E-state index contributed by atoms with van der Waals surface area (Å²) in [5.41, 5.74) is -0.0556. The van der Waals surface area contributed by atoms with Gasteiger partial charge in [0.25, 0.3) is 0 Å². The topological polar surface area (TPSA) is 38.7 Å². The van der Waals surface area contributed by atoms with Gasteiger partial charge in [-0.25, -0.2) is 0 Å². The first-order valence-corrected chi connectivity index (χ1v) is 7.37. The van der Waals surface area contributed by atoms with E-state index in [0.717, 1.165) is 32.7 Å². The van der Waals surface area contributed by atoms with E-state index in [9.17, 15) is 5.11 Å². The van der Waals surface area contributed by atoms with Crippen LogP contribution < -0.4 is 5.32 Å². The highest BCUT2D eigenvalue weighted by atomic mass is 16.3. The Morgan fingerprint density at radius 3 is 2.22 bits per heavy atom. The molecule has 18 heavy (non-hydrogen) atoms. The number of aliphatic hydroxyl groups excluding tert-OH is 1. The molecule has 1 aliphatic carbocycles. The highest BCUT2D eigenvalue weighted by Gasteiger charge is 2.44. The van der Waals surface area contributed by atoms with Crippen molar-refractivity contribution in [1.29, 1.82) is 0 Å². The van der Waals surface area contributed by atoms with Crippen LogP contribution in [0.1, 0.15) is 26.7 Å². The Kier molecular flexibility index (Phi) is 4.64. The first kappa shape index (κ1) is 14.3. The average Bonchev–Trinajstić information content (AvgIpc) is 3.21. The van der Waals surface area contributed by atoms with Gasteiger partial charge in [-0.15, -0.1) is 0 Å². The molecule has 4 nitrogen and oxygen atoms in total. The molecule has 1 saturated heterocycles. The molecule has 0 aromatic rings. The number of rotatable bonds is 6. The Morgan fingerprint density at radius 2 is 1.83 bits per heavy atom. The normalized spacial score (nSPS) is 26.5. The van der Waals surface area contributed by atoms with Gasteiger partial charge in [0.15, 0.2) is 0 Å². The highest BCUT2D eigenvalue weighted by Crippen LogP contribution is 2.39. The van der Waals surface area contributed by atoms with Crippen LogP contribution >= 0.6 is 0 Å². The van der Waals surface area contributed by atoms with Gasteiger partial charge < -0.3 is 10.4 Å². The van der Waals surface area contributed by atoms with Gasteiger partial charge in [0.05, 0.1) is 12.1 Å². The van der Waals surface area contributed by atoms with Crippen molar-refractivity contribution in [1.82, 2.24) is 15.1 Å². The second-order valence-electron chi connectivity index (χ2n) is 6.24. The third kappa shape index (κ3) is 3.05. The van der Waals surface area contributed by atoms with Crippen LogP contribution in [0, 0.1) is 5.92 Å². The first-order chi connectivity index (χ1) is 8.61. The molecule has 0 aromatic carbocycles. The summed E-state index contributed by atoms with van der Waals surface area (Å²) in [5.74, 6) is 0.677. The van der Waals surface area contributed by atoms with Gasteiger partial charge in [-0.3, -0.25) is 9.80 Å². The summed E-state index contributed by atoms with van der Waals surface area (Å²) in [6.07, 6.45) is 2.54. The summed E-state index contributed by atoms with van der Waals surface area (Å²) in [6, 6.07) is 0.655. The molecule has 2 rings (SSSR count). The molecule has 2 N–H and O–H groups in total. The highest BCUT2D eigenvalue weighted by molar-refractivity contribution is 5.02. The van der Waals surface area contributed by atoms with Crippen molar-refractivity contribution in [3.05, 3.63) is 0 Å². The summed E-state index contributed by atoms with van der Waals surface area (Å²) in [6.45, 7) is 10.4. The fraction of sp³-hybridized carbons (Fsp3) is 1.00. The van der Waals surface area contributed by atoms with E-state index < -0.39 is 0 Å². The molecule has 106 valence electrons. The van der Waals surface area contributed by atoms with Crippen LogP contribution in [0.15, 0.2) is 0 Å². The number of nitrogens with one attached hydrogen (secondary N) is 1. The van der Waals surface area contributed by atoms with Crippen LogP contribution in [0.4, 0.5) is 0 Å². The number of likely N-dealkylation sites (N-methyl/N-ethyl adjacent to an activating group) is 1. The molecule has 0 bridgehead atoms. The molecule has 1 atom stereocenters. The predicted octanol–water partition coefficient (Wildman–Crippen LogP) is 0.373. The lowest BCUT2D eigenvalue weighted by molar-refractivity contribution is 0.0551. The lowest BCUT2D eigenvalue weighted by Gasteiger charge is -2.42. The summed E-state index contributed by atoms with van der Waals surface area (Å²) >= 11 is 0. The van der Waals surface area contributed by atoms with E-state index in [-0.39, 0.29) is 12.1 Å². The van der Waals surface area contributed by atoms with Crippen LogP contribution in [0.3, 0.4) is 0 Å². The van der Waals surface area contributed by atoms with Crippen molar-refractivity contribution in [2.24, 2.45) is 5.92 Å². The van der Waals surface area contributed by atoms with Crippen LogP contribution in [0.5, 0.6) is 0 Å². The number of piperazine rings is 1. The van der Waals surface area contributed by atoms with Gasteiger partial charge in [-0.1, -0.05) is 0 Å². The molecule has 0 amide bonds. The number of hydrogen-bond acceptors (Lipinski definition) is 4. The van der Waals surface area contributed by atoms with Gasteiger partial charge in [-0.05, 0) is 39.7 Å². The second-order valence-corrected chi connectivity index (χ2v) is 6.24. The molecule has 1 saturated carbocycles. The summed E-state index contributed by atoms with van der Waals surface area (Å²) in [5, 5.41) is 13.2. The molecule has 4 heteroatoms. The van der Waals surface area contributed by atoms with Gasteiger partial charge in [0.2, 0.25) is 0 Å². The van der Waals surface area contributed by atoms with Crippen molar-refractivity contribution in [2.45, 2.75) is 38.3 Å². The number of aliphatic hydroxyl groups is 1. The summed E-state index contributed by atoms with van der Waals surface area (Å²) in [4.78, 5) is 5.05. The van der Waals surface area contributed by atoms with Crippen molar-refractivity contribution in [3.63, 3.8) is 0 Å². The van der Waals surface area contributed by atoms with E-state index in [4.69, 9.17) is 0 Å². The average molecular weight is 255 g/mol. The Hall–Kier alpha value is -0.160. The van der Waals surface area contributed by atoms with E-state index in [0.29, 0.717) is 12.0 Å². The van der Waals surface area contributed by atoms with Crippen LogP contribution in [-0.2, 0) is 0 Å². The lowest BCUT2D eigenvalue weighted by atomic mass is 9.93. The zero-order valence-electron chi connectivity index (χ0n) is 12.2. The van der Waals surface area contributed by atoms with E-state index >= 15 is 0 Å². The first-order valence-electron chi connectivity index (χ1n) is 7.37. The van der Waals surface area contributed by atoms with Crippen molar-refractivity contribution in [2.75, 3.05) is 46.4 Å². The van der Waals surface area contributed by atoms with E-state index in [1.165, 1.54) is 12.8 Å². The van der Waals surface area contributed by atoms with E-state index in [2.05, 4.69) is 29.0 Å². The minimum atomic E-state index is -0.0556. The minimum absolute atomic E-state index is 0.0556. The molecule has 0 spiro atoms. The van der Waals surface area contributed by atoms with Crippen molar-refractivity contribution in [3.8, 4) is 0 Å². The number of nitrogens with zero attached hydrogens (tertiary/aromatic N) is 2. The molecule has 0 aromatic heterocycles. The molecule has 1 heterocycles. The van der Waals surface area contributed by atoms with Gasteiger partial charge >= 0.3 is 0 Å². The van der Waals surface area contributed by atoms with Crippen LogP contribution in [0.25, 0.3) is 0 Å². The SMILES string of the molecule is CNC(CO)(CN1CCN(C(C)C)CC1)C1CC1. The van der Waals surface area contributed by atoms with Crippen molar-refractivity contribution < 1.29 is 5.11 Å².